The first-order valence-electron chi connectivity index (χ1n) is 7.43. The molecule has 0 spiro atoms. The third-order valence-corrected chi connectivity index (χ3v) is 3.82. The first-order valence-corrected chi connectivity index (χ1v) is 10.4. The molecule has 1 fully saturated rings. The summed E-state index contributed by atoms with van der Waals surface area (Å²) >= 11 is 6.17. The van der Waals surface area contributed by atoms with Crippen LogP contribution in [0, 0.1) is 6.92 Å². The maximum absolute atomic E-state index is 5.42. The van der Waals surface area contributed by atoms with Crippen LogP contribution in [0.3, 0.4) is 0 Å². The fourth-order valence-corrected chi connectivity index (χ4v) is 2.51. The van der Waals surface area contributed by atoms with Crippen LogP contribution in [0.15, 0.2) is 23.3 Å². The van der Waals surface area contributed by atoms with Gasteiger partial charge in [-0.3, -0.25) is 10.4 Å². The Balaban J connectivity index is 0.000000816. The van der Waals surface area contributed by atoms with Crippen molar-refractivity contribution in [1.82, 2.24) is 15.3 Å². The summed E-state index contributed by atoms with van der Waals surface area (Å²) in [6.45, 7) is 5.98. The number of rotatable bonds is 2. The summed E-state index contributed by atoms with van der Waals surface area (Å²) in [6, 6.07) is 5.93. The van der Waals surface area contributed by atoms with Crippen molar-refractivity contribution in [1.29, 1.82) is 0 Å². The van der Waals surface area contributed by atoms with Crippen molar-refractivity contribution in [3.63, 3.8) is 0 Å². The Kier molecular flexibility index (Phi) is 10.8. The number of aryl methyl sites for hydroxylation is 1. The standard InChI is InChI=1S/C15H22N4S.2ClH.Cu/c1-12-8-7-9-14(16-12)13(2)17-18-15(20)19-10-5-3-4-6-11-19;;;/h7-9H,3-6,10-11H2,1-2H3,(H,18,20);2*1H;/q;;;+2/p-2. The van der Waals surface area contributed by atoms with Gasteiger partial charge in [0.25, 0.3) is 0 Å². The Morgan fingerprint density at radius 3 is 2.43 bits per heavy atom. The molecule has 0 aliphatic carbocycles. The molecule has 2 heterocycles. The molecule has 1 aliphatic heterocycles. The Labute approximate surface area is 158 Å². The van der Waals surface area contributed by atoms with E-state index in [1.165, 1.54) is 25.7 Å². The molecule has 23 heavy (non-hydrogen) atoms. The average molecular weight is 425 g/mol. The fraction of sp³-hybridized carbons (Fsp3) is 0.533. The van der Waals surface area contributed by atoms with Gasteiger partial charge in [-0.1, -0.05) is 18.9 Å². The van der Waals surface area contributed by atoms with E-state index in [-0.39, 0.29) is 0 Å². The Hall–Kier alpha value is -0.391. The Morgan fingerprint density at radius 2 is 1.87 bits per heavy atom. The third-order valence-electron chi connectivity index (χ3n) is 3.47. The van der Waals surface area contributed by atoms with E-state index in [0.717, 1.165) is 48.4 Å². The number of likely N-dealkylation sites (tertiary alicyclic amines) is 1. The summed E-state index contributed by atoms with van der Waals surface area (Å²) in [7, 11) is 9.34. The summed E-state index contributed by atoms with van der Waals surface area (Å²) in [4.78, 5) is 6.66. The summed E-state index contributed by atoms with van der Waals surface area (Å²) in [6.07, 6.45) is 5.02. The minimum absolute atomic E-state index is 0.721. The van der Waals surface area contributed by atoms with E-state index in [9.17, 15) is 0 Å². The summed E-state index contributed by atoms with van der Waals surface area (Å²) in [5, 5.41) is 5.08. The fourth-order valence-electron chi connectivity index (χ4n) is 2.28. The van der Waals surface area contributed by atoms with Gasteiger partial charge in [0.1, 0.15) is 0 Å². The number of nitrogens with one attached hydrogen (secondary N) is 1. The second-order valence-corrected chi connectivity index (χ2v) is 7.16. The molecular formula is C15H22Cl2CuN4S. The first-order chi connectivity index (χ1) is 11.1. The van der Waals surface area contributed by atoms with E-state index in [2.05, 4.69) is 40.6 Å². The van der Waals surface area contributed by atoms with Crippen LogP contribution < -0.4 is 5.43 Å². The number of halogens is 2. The van der Waals surface area contributed by atoms with E-state index in [0.29, 0.717) is 0 Å². The molecule has 133 valence electrons. The second kappa shape index (κ2) is 12.0. The van der Waals surface area contributed by atoms with E-state index in [1.54, 1.807) is 0 Å². The van der Waals surface area contributed by atoms with Crippen molar-refractivity contribution >= 4 is 43.2 Å². The van der Waals surface area contributed by atoms with Gasteiger partial charge in [0.2, 0.25) is 0 Å². The second-order valence-electron chi connectivity index (χ2n) is 5.22. The van der Waals surface area contributed by atoms with Gasteiger partial charge in [0.05, 0.1) is 11.4 Å². The summed E-state index contributed by atoms with van der Waals surface area (Å²) < 4.78 is 0. The first kappa shape index (κ1) is 20.7. The Bertz CT molecular complexity index is 520. The number of hydrazone groups is 1. The van der Waals surface area contributed by atoms with Crippen LogP contribution in [-0.4, -0.2) is 33.8 Å². The van der Waals surface area contributed by atoms with Gasteiger partial charge in [0, 0.05) is 18.8 Å². The zero-order chi connectivity index (χ0) is 17.1. The molecule has 0 atom stereocenters. The predicted molar refractivity (Wildman–Crippen MR) is 98.7 cm³/mol. The molecule has 1 saturated heterocycles. The van der Waals surface area contributed by atoms with E-state index >= 15 is 0 Å². The molecular weight excluding hydrogens is 403 g/mol. The summed E-state index contributed by atoms with van der Waals surface area (Å²) in [5.74, 6) is 0. The molecule has 0 bridgehead atoms. The number of pyridine rings is 1. The van der Waals surface area contributed by atoms with Gasteiger partial charge in [-0.15, -0.1) is 0 Å². The molecule has 1 N–H and O–H groups in total. The quantitative estimate of drug-likeness (QED) is 0.333. The van der Waals surface area contributed by atoms with Gasteiger partial charge < -0.3 is 4.90 Å². The average Bonchev–Trinajstić information content (AvgIpc) is 2.82. The molecule has 0 amide bonds. The van der Waals surface area contributed by atoms with Gasteiger partial charge in [-0.25, -0.2) is 0 Å². The van der Waals surface area contributed by atoms with Crippen molar-refractivity contribution in [2.45, 2.75) is 39.5 Å². The van der Waals surface area contributed by atoms with Gasteiger partial charge in [-0.2, -0.15) is 5.10 Å². The molecule has 0 saturated carbocycles. The Morgan fingerprint density at radius 1 is 1.26 bits per heavy atom. The third kappa shape index (κ3) is 8.32. The van der Waals surface area contributed by atoms with E-state index in [1.807, 2.05) is 32.0 Å². The van der Waals surface area contributed by atoms with Crippen LogP contribution in [0.4, 0.5) is 0 Å². The number of aromatic nitrogens is 1. The van der Waals surface area contributed by atoms with Crippen molar-refractivity contribution in [3.05, 3.63) is 29.6 Å². The van der Waals surface area contributed by atoms with Gasteiger partial charge >= 0.3 is 33.3 Å². The van der Waals surface area contributed by atoms with E-state index in [4.69, 9.17) is 12.2 Å². The molecule has 2 rings (SSSR count). The van der Waals surface area contributed by atoms with Gasteiger partial charge in [-0.05, 0) is 51.0 Å². The maximum atomic E-state index is 5.42. The summed E-state index contributed by atoms with van der Waals surface area (Å²) in [5.41, 5.74) is 5.73. The monoisotopic (exact) mass is 423 g/mol. The van der Waals surface area contributed by atoms with Crippen LogP contribution in [0.2, 0.25) is 0 Å². The molecule has 1 aliphatic rings. The van der Waals surface area contributed by atoms with Crippen LogP contribution in [0.25, 0.3) is 0 Å². The van der Waals surface area contributed by atoms with Crippen LogP contribution in [0.1, 0.15) is 44.0 Å². The zero-order valence-corrected chi connectivity index (χ0v) is 16.6. The van der Waals surface area contributed by atoms with Crippen molar-refractivity contribution in [2.75, 3.05) is 13.1 Å². The SMILES string of the molecule is CC(=NNC(=S)N1CCCCCC1)c1cccc(C)n1.[Cl][Cu][Cl]. The van der Waals surface area contributed by atoms with Crippen LogP contribution in [-0.2, 0) is 13.1 Å². The normalized spacial score (nSPS) is 15.5. The molecule has 1 aromatic heterocycles. The van der Waals surface area contributed by atoms with Crippen molar-refractivity contribution in [3.8, 4) is 0 Å². The van der Waals surface area contributed by atoms with Crippen LogP contribution in [0.5, 0.6) is 0 Å². The van der Waals surface area contributed by atoms with Crippen LogP contribution >= 0.6 is 32.4 Å². The predicted octanol–water partition coefficient (Wildman–Crippen LogP) is 4.24. The molecule has 0 aromatic carbocycles. The number of nitrogens with zero attached hydrogens (tertiary/aromatic N) is 3. The number of hydrogen-bond donors (Lipinski definition) is 1. The van der Waals surface area contributed by atoms with Gasteiger partial charge in [0.15, 0.2) is 5.11 Å². The topological polar surface area (TPSA) is 40.5 Å². The zero-order valence-electron chi connectivity index (χ0n) is 13.3. The van der Waals surface area contributed by atoms with Crippen molar-refractivity contribution < 1.29 is 13.1 Å². The molecule has 1 aromatic rings. The van der Waals surface area contributed by atoms with Crippen molar-refractivity contribution in [2.24, 2.45) is 5.10 Å². The van der Waals surface area contributed by atoms with E-state index < -0.39 is 0 Å². The molecule has 0 unspecified atom stereocenters. The minimum atomic E-state index is 0.721. The molecule has 0 radical (unpaired) electrons. The molecule has 8 heteroatoms. The number of hydrogen-bond acceptors (Lipinski definition) is 3. The number of thiocarbonyl (C=S) groups is 1. The molecule has 4 nitrogen and oxygen atoms in total.